The van der Waals surface area contributed by atoms with Crippen molar-refractivity contribution in [2.45, 2.75) is 20.5 Å². The van der Waals surface area contributed by atoms with Gasteiger partial charge < -0.3 is 9.47 Å². The highest BCUT2D eigenvalue weighted by molar-refractivity contribution is 8.18. The lowest BCUT2D eigenvalue weighted by atomic mass is 10.1. The molecule has 9 heteroatoms. The molecule has 36 heavy (non-hydrogen) atoms. The molecule has 0 spiro atoms. The molecule has 186 valence electrons. The van der Waals surface area contributed by atoms with E-state index in [1.807, 2.05) is 13.8 Å². The summed E-state index contributed by atoms with van der Waals surface area (Å²) in [7, 11) is 0. The van der Waals surface area contributed by atoms with Gasteiger partial charge in [0.15, 0.2) is 16.7 Å². The number of halogens is 3. The summed E-state index contributed by atoms with van der Waals surface area (Å²) in [6, 6.07) is 15.2. The molecule has 0 atom stereocenters. The molecule has 1 amide bonds. The highest BCUT2D eigenvalue weighted by atomic mass is 35.5. The first-order valence-corrected chi connectivity index (χ1v) is 12.5. The Morgan fingerprint density at radius 1 is 1.00 bits per heavy atom. The van der Waals surface area contributed by atoms with Gasteiger partial charge in [-0.25, -0.2) is 13.8 Å². The quantitative estimate of drug-likeness (QED) is 0.290. The molecule has 1 aliphatic heterocycles. The monoisotopic (exact) mass is 528 g/mol. The van der Waals surface area contributed by atoms with Crippen molar-refractivity contribution in [1.29, 1.82) is 0 Å². The van der Waals surface area contributed by atoms with E-state index < -0.39 is 0 Å². The Labute approximate surface area is 217 Å². The van der Waals surface area contributed by atoms with Crippen LogP contribution in [0.4, 0.5) is 14.5 Å². The third kappa shape index (κ3) is 6.06. The van der Waals surface area contributed by atoms with Crippen LogP contribution >= 0.6 is 23.4 Å². The van der Waals surface area contributed by atoms with Gasteiger partial charge in [-0.3, -0.25) is 9.69 Å². The SMILES string of the molecule is CCOc1cc(/C=C2/SC(=Nc3ccc(F)cc3)N(CC)C2=O)cc(Cl)c1OCc1ccc(F)cc1. The number of nitrogens with zero attached hydrogens (tertiary/aromatic N) is 2. The number of hydrogen-bond donors (Lipinski definition) is 0. The highest BCUT2D eigenvalue weighted by Gasteiger charge is 2.32. The van der Waals surface area contributed by atoms with Gasteiger partial charge in [-0.1, -0.05) is 23.7 Å². The zero-order chi connectivity index (χ0) is 25.7. The zero-order valence-corrected chi connectivity index (χ0v) is 21.2. The van der Waals surface area contributed by atoms with E-state index in [0.29, 0.717) is 51.0 Å². The predicted octanol–water partition coefficient (Wildman–Crippen LogP) is 7.22. The van der Waals surface area contributed by atoms with Gasteiger partial charge in [0, 0.05) is 6.54 Å². The van der Waals surface area contributed by atoms with Crippen molar-refractivity contribution in [1.82, 2.24) is 4.90 Å². The molecular weight excluding hydrogens is 506 g/mol. The van der Waals surface area contributed by atoms with Gasteiger partial charge in [-0.05, 0) is 91.3 Å². The molecule has 1 heterocycles. The van der Waals surface area contributed by atoms with Crippen LogP contribution in [0.25, 0.3) is 6.08 Å². The largest absolute Gasteiger partial charge is 0.490 e. The number of benzene rings is 3. The Kier molecular flexibility index (Phi) is 8.28. The maximum absolute atomic E-state index is 13.2. The minimum Gasteiger partial charge on any atom is -0.490 e. The van der Waals surface area contributed by atoms with Crippen LogP contribution in [0.1, 0.15) is 25.0 Å². The number of hydrogen-bond acceptors (Lipinski definition) is 5. The topological polar surface area (TPSA) is 51.1 Å². The number of carbonyl (C=O) groups excluding carboxylic acids is 1. The molecule has 0 aromatic heterocycles. The molecular formula is C27H23ClF2N2O3S. The fraction of sp³-hybridized carbons (Fsp3) is 0.185. The maximum atomic E-state index is 13.2. The average molecular weight is 529 g/mol. The van der Waals surface area contributed by atoms with Crippen LogP contribution in [0.5, 0.6) is 11.5 Å². The summed E-state index contributed by atoms with van der Waals surface area (Å²) >= 11 is 7.77. The summed E-state index contributed by atoms with van der Waals surface area (Å²) in [6.45, 7) is 4.71. The summed E-state index contributed by atoms with van der Waals surface area (Å²) < 4.78 is 38.1. The predicted molar refractivity (Wildman–Crippen MR) is 140 cm³/mol. The first-order valence-electron chi connectivity index (χ1n) is 11.3. The van der Waals surface area contributed by atoms with Gasteiger partial charge in [0.1, 0.15) is 18.2 Å². The minimum absolute atomic E-state index is 0.184. The van der Waals surface area contributed by atoms with Crippen molar-refractivity contribution in [2.24, 2.45) is 4.99 Å². The van der Waals surface area contributed by atoms with Crippen molar-refractivity contribution in [3.63, 3.8) is 0 Å². The molecule has 1 fully saturated rings. The van der Waals surface area contributed by atoms with E-state index in [9.17, 15) is 13.6 Å². The number of thioether (sulfide) groups is 1. The number of rotatable bonds is 8. The van der Waals surface area contributed by atoms with Crippen molar-refractivity contribution in [3.05, 3.63) is 93.4 Å². The van der Waals surface area contributed by atoms with E-state index in [0.717, 1.165) is 5.56 Å². The Balaban J connectivity index is 1.60. The van der Waals surface area contributed by atoms with E-state index in [4.69, 9.17) is 21.1 Å². The lowest BCUT2D eigenvalue weighted by Gasteiger charge is -2.15. The van der Waals surface area contributed by atoms with Crippen LogP contribution in [0.3, 0.4) is 0 Å². The van der Waals surface area contributed by atoms with Gasteiger partial charge >= 0.3 is 0 Å². The third-order valence-electron chi connectivity index (χ3n) is 5.18. The van der Waals surface area contributed by atoms with Gasteiger partial charge in [-0.2, -0.15) is 0 Å². The second-order valence-electron chi connectivity index (χ2n) is 7.71. The van der Waals surface area contributed by atoms with Crippen molar-refractivity contribution in [3.8, 4) is 11.5 Å². The summed E-state index contributed by atoms with van der Waals surface area (Å²) in [5.74, 6) is -0.0645. The molecule has 3 aromatic carbocycles. The fourth-order valence-electron chi connectivity index (χ4n) is 3.46. The molecule has 0 unspecified atom stereocenters. The van der Waals surface area contributed by atoms with E-state index in [1.54, 1.807) is 47.4 Å². The molecule has 0 saturated carbocycles. The van der Waals surface area contributed by atoms with Crippen LogP contribution < -0.4 is 9.47 Å². The van der Waals surface area contributed by atoms with Crippen LogP contribution in [0.2, 0.25) is 5.02 Å². The molecule has 1 aliphatic rings. The van der Waals surface area contributed by atoms with E-state index in [-0.39, 0.29) is 24.1 Å². The van der Waals surface area contributed by atoms with Crippen molar-refractivity contribution >= 4 is 46.2 Å². The van der Waals surface area contributed by atoms with E-state index in [1.165, 1.54) is 36.0 Å². The van der Waals surface area contributed by atoms with Crippen LogP contribution in [0.15, 0.2) is 70.6 Å². The Morgan fingerprint density at radius 2 is 1.67 bits per heavy atom. The van der Waals surface area contributed by atoms with E-state index >= 15 is 0 Å². The first-order chi connectivity index (χ1) is 17.4. The second-order valence-corrected chi connectivity index (χ2v) is 9.13. The highest BCUT2D eigenvalue weighted by Crippen LogP contribution is 2.40. The maximum Gasteiger partial charge on any atom is 0.266 e. The summed E-state index contributed by atoms with van der Waals surface area (Å²) in [6.07, 6.45) is 1.72. The standard InChI is InChI=1S/C27H23ClF2N2O3S/c1-3-32-26(33)24(36-27(32)31-21-11-9-20(30)10-12-21)15-18-13-22(28)25(23(14-18)34-4-2)35-16-17-5-7-19(29)8-6-17/h5-15H,3-4,16H2,1-2H3/b24-15+,31-27?. The van der Waals surface area contributed by atoms with Crippen molar-refractivity contribution < 1.29 is 23.0 Å². The zero-order valence-electron chi connectivity index (χ0n) is 19.6. The van der Waals surface area contributed by atoms with Crippen LogP contribution in [-0.2, 0) is 11.4 Å². The molecule has 5 nitrogen and oxygen atoms in total. The number of carbonyl (C=O) groups is 1. The molecule has 1 saturated heterocycles. The van der Waals surface area contributed by atoms with Gasteiger partial charge in [-0.15, -0.1) is 0 Å². The average Bonchev–Trinajstić information content (AvgIpc) is 3.14. The van der Waals surface area contributed by atoms with Crippen LogP contribution in [0, 0.1) is 11.6 Å². The molecule has 0 N–H and O–H groups in total. The number of amides is 1. The molecule has 0 aliphatic carbocycles. The molecule has 3 aromatic rings. The summed E-state index contributed by atoms with van der Waals surface area (Å²) in [5, 5.41) is 0.827. The normalized spacial score (nSPS) is 15.7. The third-order valence-corrected chi connectivity index (χ3v) is 6.47. The number of likely N-dealkylation sites (N-methyl/N-ethyl adjacent to an activating group) is 1. The summed E-state index contributed by atoms with van der Waals surface area (Å²) in [5.41, 5.74) is 1.99. The number of aliphatic imine (C=N–C) groups is 1. The van der Waals surface area contributed by atoms with Gasteiger partial charge in [0.05, 0.1) is 22.2 Å². The minimum atomic E-state index is -0.353. The Morgan fingerprint density at radius 3 is 2.31 bits per heavy atom. The van der Waals surface area contributed by atoms with E-state index in [2.05, 4.69) is 4.99 Å². The lowest BCUT2D eigenvalue weighted by Crippen LogP contribution is -2.28. The number of amidine groups is 1. The van der Waals surface area contributed by atoms with Gasteiger partial charge in [0.25, 0.3) is 5.91 Å². The molecule has 0 radical (unpaired) electrons. The van der Waals surface area contributed by atoms with Crippen molar-refractivity contribution in [2.75, 3.05) is 13.2 Å². The van der Waals surface area contributed by atoms with Gasteiger partial charge in [0.2, 0.25) is 0 Å². The van der Waals surface area contributed by atoms with Crippen LogP contribution in [-0.4, -0.2) is 29.1 Å². The smallest absolute Gasteiger partial charge is 0.266 e. The number of ether oxygens (including phenoxy) is 2. The lowest BCUT2D eigenvalue weighted by molar-refractivity contribution is -0.122. The Bertz CT molecular complexity index is 1310. The molecule has 4 rings (SSSR count). The summed E-state index contributed by atoms with van der Waals surface area (Å²) in [4.78, 5) is 19.6. The molecule has 0 bridgehead atoms. The second kappa shape index (κ2) is 11.6. The fourth-order valence-corrected chi connectivity index (χ4v) is 4.79. The Hall–Kier alpha value is -3.36. The first kappa shape index (κ1) is 25.7.